The van der Waals surface area contributed by atoms with E-state index in [-0.39, 0.29) is 17.9 Å². The molecule has 2 amide bonds. The van der Waals surface area contributed by atoms with Crippen molar-refractivity contribution in [2.45, 2.75) is 38.7 Å². The highest BCUT2D eigenvalue weighted by Gasteiger charge is 2.24. The predicted octanol–water partition coefficient (Wildman–Crippen LogP) is 2.89. The minimum Gasteiger partial charge on any atom is -0.489 e. The number of likely N-dealkylation sites (tertiary alicyclic amines) is 1. The molecule has 148 valence electrons. The molecule has 1 aromatic carbocycles. The third-order valence-electron chi connectivity index (χ3n) is 5.17. The van der Waals surface area contributed by atoms with Crippen LogP contribution in [0.2, 0.25) is 5.02 Å². The largest absolute Gasteiger partial charge is 0.489 e. The van der Waals surface area contributed by atoms with Crippen LogP contribution in [-0.2, 0) is 9.53 Å². The van der Waals surface area contributed by atoms with Gasteiger partial charge in [-0.15, -0.1) is 0 Å². The highest BCUT2D eigenvalue weighted by molar-refractivity contribution is 6.31. The number of nitrogens with zero attached hydrogens (tertiary/aromatic N) is 1. The predicted molar refractivity (Wildman–Crippen MR) is 103 cm³/mol. The van der Waals surface area contributed by atoms with Gasteiger partial charge in [0.2, 0.25) is 5.91 Å². The van der Waals surface area contributed by atoms with E-state index >= 15 is 0 Å². The number of amides is 2. The van der Waals surface area contributed by atoms with Crippen molar-refractivity contribution in [1.29, 1.82) is 0 Å². The van der Waals surface area contributed by atoms with Crippen LogP contribution in [0.4, 0.5) is 0 Å². The zero-order valence-corrected chi connectivity index (χ0v) is 16.5. The average Bonchev–Trinajstić information content (AvgIpc) is 2.68. The van der Waals surface area contributed by atoms with E-state index in [0.717, 1.165) is 32.3 Å². The van der Waals surface area contributed by atoms with Crippen LogP contribution in [0, 0.1) is 5.92 Å². The monoisotopic (exact) mass is 394 g/mol. The number of nitrogens with one attached hydrogen (secondary N) is 1. The Kier molecular flexibility index (Phi) is 6.96. The second kappa shape index (κ2) is 9.42. The summed E-state index contributed by atoms with van der Waals surface area (Å²) in [6.07, 6.45) is 3.59. The van der Waals surface area contributed by atoms with E-state index in [0.29, 0.717) is 48.5 Å². The number of piperidine rings is 1. The van der Waals surface area contributed by atoms with Gasteiger partial charge in [-0.1, -0.05) is 11.6 Å². The van der Waals surface area contributed by atoms with Gasteiger partial charge in [-0.05, 0) is 37.0 Å². The van der Waals surface area contributed by atoms with Crippen molar-refractivity contribution in [3.63, 3.8) is 0 Å². The molecule has 2 heterocycles. The molecule has 3 rings (SSSR count). The van der Waals surface area contributed by atoms with Crippen LogP contribution < -0.4 is 10.1 Å². The SMILES string of the molecule is CC(=O)N1CCC(Oc2ccc(Cl)cc2C(=O)NCC2CCCOC2)CC1. The van der Waals surface area contributed by atoms with Gasteiger partial charge in [0.05, 0.1) is 12.2 Å². The van der Waals surface area contributed by atoms with E-state index in [9.17, 15) is 9.59 Å². The fraction of sp³-hybridized carbons (Fsp3) is 0.600. The third-order valence-corrected chi connectivity index (χ3v) is 5.41. The average molecular weight is 395 g/mol. The molecule has 1 atom stereocenters. The lowest BCUT2D eigenvalue weighted by atomic mass is 10.0. The maximum atomic E-state index is 12.7. The summed E-state index contributed by atoms with van der Waals surface area (Å²) in [4.78, 5) is 26.0. The van der Waals surface area contributed by atoms with Crippen molar-refractivity contribution in [3.8, 4) is 5.75 Å². The van der Waals surface area contributed by atoms with Gasteiger partial charge in [-0.2, -0.15) is 0 Å². The van der Waals surface area contributed by atoms with Crippen LogP contribution >= 0.6 is 11.6 Å². The lowest BCUT2D eigenvalue weighted by Crippen LogP contribution is -2.41. The zero-order valence-electron chi connectivity index (χ0n) is 15.7. The molecule has 0 bridgehead atoms. The van der Waals surface area contributed by atoms with Gasteiger partial charge < -0.3 is 19.7 Å². The van der Waals surface area contributed by atoms with Crippen molar-refractivity contribution < 1.29 is 19.1 Å². The van der Waals surface area contributed by atoms with Crippen LogP contribution in [0.1, 0.15) is 43.0 Å². The van der Waals surface area contributed by atoms with E-state index in [4.69, 9.17) is 21.1 Å². The molecule has 1 unspecified atom stereocenters. The molecule has 2 saturated heterocycles. The molecule has 27 heavy (non-hydrogen) atoms. The molecule has 0 spiro atoms. The number of halogens is 1. The number of rotatable bonds is 5. The summed E-state index contributed by atoms with van der Waals surface area (Å²) in [5.74, 6) is 0.797. The maximum absolute atomic E-state index is 12.7. The zero-order chi connectivity index (χ0) is 19.2. The first-order chi connectivity index (χ1) is 13.0. The van der Waals surface area contributed by atoms with Gasteiger partial charge in [0, 0.05) is 51.0 Å². The normalized spacial score (nSPS) is 21.0. The Morgan fingerprint density at radius 2 is 2.07 bits per heavy atom. The third kappa shape index (κ3) is 5.59. The van der Waals surface area contributed by atoms with Crippen molar-refractivity contribution in [1.82, 2.24) is 10.2 Å². The number of ether oxygens (including phenoxy) is 2. The Bertz CT molecular complexity index is 668. The van der Waals surface area contributed by atoms with Gasteiger partial charge in [0.1, 0.15) is 11.9 Å². The van der Waals surface area contributed by atoms with Gasteiger partial charge >= 0.3 is 0 Å². The van der Waals surface area contributed by atoms with Gasteiger partial charge in [-0.3, -0.25) is 9.59 Å². The Balaban J connectivity index is 1.60. The van der Waals surface area contributed by atoms with E-state index in [2.05, 4.69) is 5.32 Å². The first kappa shape index (κ1) is 20.0. The summed E-state index contributed by atoms with van der Waals surface area (Å²) < 4.78 is 11.6. The highest BCUT2D eigenvalue weighted by Crippen LogP contribution is 2.26. The smallest absolute Gasteiger partial charge is 0.255 e. The standard InChI is InChI=1S/C20H27ClN2O4/c1-14(24)23-8-6-17(7-9-23)27-19-5-4-16(21)11-18(19)20(25)22-12-15-3-2-10-26-13-15/h4-5,11,15,17H,2-3,6-10,12-13H2,1H3,(H,22,25). The molecule has 0 aliphatic carbocycles. The number of hydrogen-bond acceptors (Lipinski definition) is 4. The topological polar surface area (TPSA) is 67.9 Å². The molecule has 2 aliphatic rings. The summed E-state index contributed by atoms with van der Waals surface area (Å²) in [5, 5.41) is 3.48. The van der Waals surface area contributed by atoms with Gasteiger partial charge in [-0.25, -0.2) is 0 Å². The highest BCUT2D eigenvalue weighted by atomic mass is 35.5. The second-order valence-electron chi connectivity index (χ2n) is 7.26. The lowest BCUT2D eigenvalue weighted by Gasteiger charge is -2.31. The first-order valence-corrected chi connectivity index (χ1v) is 9.98. The van der Waals surface area contributed by atoms with E-state index in [1.54, 1.807) is 25.1 Å². The number of benzene rings is 1. The number of carbonyl (C=O) groups is 2. The molecule has 0 radical (unpaired) electrons. The molecule has 7 heteroatoms. The second-order valence-corrected chi connectivity index (χ2v) is 7.69. The minimum absolute atomic E-state index is 0.0138. The number of carbonyl (C=O) groups excluding carboxylic acids is 2. The Labute approximate surface area is 165 Å². The molecular formula is C20H27ClN2O4. The molecular weight excluding hydrogens is 368 g/mol. The van der Waals surface area contributed by atoms with Crippen LogP contribution in [-0.4, -0.2) is 55.7 Å². The quantitative estimate of drug-likeness (QED) is 0.833. The first-order valence-electron chi connectivity index (χ1n) is 9.60. The van der Waals surface area contributed by atoms with Crippen molar-refractivity contribution in [2.24, 2.45) is 5.92 Å². The molecule has 1 aromatic rings. The van der Waals surface area contributed by atoms with Gasteiger partial charge in [0.25, 0.3) is 5.91 Å². The summed E-state index contributed by atoms with van der Waals surface area (Å²) in [5.41, 5.74) is 0.452. The summed E-state index contributed by atoms with van der Waals surface area (Å²) >= 11 is 6.11. The Hall–Kier alpha value is -1.79. The van der Waals surface area contributed by atoms with E-state index < -0.39 is 0 Å². The van der Waals surface area contributed by atoms with E-state index in [1.165, 1.54) is 0 Å². The molecule has 1 N–H and O–H groups in total. The van der Waals surface area contributed by atoms with Crippen LogP contribution in [0.25, 0.3) is 0 Å². The van der Waals surface area contributed by atoms with E-state index in [1.807, 2.05) is 4.90 Å². The Morgan fingerprint density at radius 3 is 2.74 bits per heavy atom. The number of hydrogen-bond donors (Lipinski definition) is 1. The summed E-state index contributed by atoms with van der Waals surface area (Å²) in [6.45, 7) is 5.02. The molecule has 0 saturated carbocycles. The van der Waals surface area contributed by atoms with Crippen molar-refractivity contribution in [2.75, 3.05) is 32.8 Å². The van der Waals surface area contributed by atoms with Gasteiger partial charge in [0.15, 0.2) is 0 Å². The van der Waals surface area contributed by atoms with Crippen LogP contribution in [0.15, 0.2) is 18.2 Å². The maximum Gasteiger partial charge on any atom is 0.255 e. The van der Waals surface area contributed by atoms with Crippen molar-refractivity contribution in [3.05, 3.63) is 28.8 Å². The fourth-order valence-corrected chi connectivity index (χ4v) is 3.72. The van der Waals surface area contributed by atoms with Crippen molar-refractivity contribution >= 4 is 23.4 Å². The molecule has 0 aromatic heterocycles. The van der Waals surface area contributed by atoms with Crippen LogP contribution in [0.5, 0.6) is 5.75 Å². The molecule has 6 nitrogen and oxygen atoms in total. The summed E-state index contributed by atoms with van der Waals surface area (Å²) in [6, 6.07) is 5.12. The minimum atomic E-state index is -0.181. The lowest BCUT2D eigenvalue weighted by molar-refractivity contribution is -0.130. The molecule has 2 fully saturated rings. The summed E-state index contributed by atoms with van der Waals surface area (Å²) in [7, 11) is 0. The molecule has 2 aliphatic heterocycles. The fourth-order valence-electron chi connectivity index (χ4n) is 3.55. The van der Waals surface area contributed by atoms with Crippen LogP contribution in [0.3, 0.4) is 0 Å². The Morgan fingerprint density at radius 1 is 1.30 bits per heavy atom.